The van der Waals surface area contributed by atoms with Crippen molar-refractivity contribution in [3.63, 3.8) is 0 Å². The number of anilines is 1. The van der Waals surface area contributed by atoms with Gasteiger partial charge in [0.2, 0.25) is 0 Å². The number of hydrazone groups is 1. The number of benzene rings is 1. The van der Waals surface area contributed by atoms with E-state index in [9.17, 15) is 4.79 Å². The molecular weight excluding hydrogens is 252 g/mol. The van der Waals surface area contributed by atoms with Gasteiger partial charge >= 0.3 is 0 Å². The molecule has 2 aromatic rings. The van der Waals surface area contributed by atoms with Crippen LogP contribution in [0.1, 0.15) is 23.1 Å². The van der Waals surface area contributed by atoms with Crippen molar-refractivity contribution in [3.05, 3.63) is 47.3 Å². The molecule has 2 heterocycles. The van der Waals surface area contributed by atoms with Crippen LogP contribution in [0.25, 0.3) is 0 Å². The van der Waals surface area contributed by atoms with Crippen LogP contribution >= 0.6 is 0 Å². The molecule has 1 aromatic heterocycles. The van der Waals surface area contributed by atoms with Gasteiger partial charge in [-0.05, 0) is 31.0 Å². The molecule has 5 heteroatoms. The van der Waals surface area contributed by atoms with Crippen LogP contribution in [0.2, 0.25) is 0 Å². The Bertz CT molecular complexity index is 714. The van der Waals surface area contributed by atoms with Gasteiger partial charge in [-0.3, -0.25) is 9.48 Å². The molecule has 3 rings (SSSR count). The maximum Gasteiger partial charge on any atom is 0.253 e. The molecule has 0 fully saturated rings. The van der Waals surface area contributed by atoms with Crippen molar-refractivity contribution in [3.8, 4) is 0 Å². The Morgan fingerprint density at radius 1 is 1.25 bits per heavy atom. The average molecular weight is 268 g/mol. The number of carbonyl (C=O) groups excluding carboxylic acids is 1. The molecule has 0 bridgehead atoms. The highest BCUT2D eigenvalue weighted by molar-refractivity contribution is 6.19. The van der Waals surface area contributed by atoms with Gasteiger partial charge in [-0.2, -0.15) is 15.2 Å². The summed E-state index contributed by atoms with van der Waals surface area (Å²) in [5, 5.41) is 10.1. The van der Waals surface area contributed by atoms with Crippen molar-refractivity contribution in [1.29, 1.82) is 0 Å². The van der Waals surface area contributed by atoms with E-state index in [4.69, 9.17) is 0 Å². The number of hydrogen-bond donors (Lipinski definition) is 0. The van der Waals surface area contributed by atoms with E-state index in [1.54, 1.807) is 10.9 Å². The zero-order valence-electron chi connectivity index (χ0n) is 11.8. The standard InChI is InChI=1S/C15H16N4O/c1-10-4-5-11(2)14(6-10)19-15(20)7-13(17-19)12-8-16-18(3)9-12/h4-6,8-9H,7H2,1-3H3. The minimum Gasteiger partial charge on any atom is -0.275 e. The number of aromatic nitrogens is 2. The molecule has 5 nitrogen and oxygen atoms in total. The minimum atomic E-state index is -0.00227. The zero-order valence-corrected chi connectivity index (χ0v) is 11.8. The van der Waals surface area contributed by atoms with Crippen LogP contribution in [0.15, 0.2) is 35.7 Å². The molecule has 0 unspecified atom stereocenters. The first kappa shape index (κ1) is 12.6. The topological polar surface area (TPSA) is 50.5 Å². The van der Waals surface area contributed by atoms with E-state index in [-0.39, 0.29) is 5.91 Å². The molecule has 102 valence electrons. The number of hydrogen-bond acceptors (Lipinski definition) is 3. The lowest BCUT2D eigenvalue weighted by Gasteiger charge is -2.15. The third-order valence-electron chi connectivity index (χ3n) is 3.41. The quantitative estimate of drug-likeness (QED) is 0.838. The summed E-state index contributed by atoms with van der Waals surface area (Å²) in [4.78, 5) is 12.2. The molecule has 0 atom stereocenters. The van der Waals surface area contributed by atoms with Crippen molar-refractivity contribution >= 4 is 17.3 Å². The SMILES string of the molecule is Cc1ccc(C)c(N2N=C(c3cnn(C)c3)CC2=O)c1. The largest absolute Gasteiger partial charge is 0.275 e. The Morgan fingerprint density at radius 2 is 2.05 bits per heavy atom. The first-order valence-electron chi connectivity index (χ1n) is 6.51. The van der Waals surface area contributed by atoms with Gasteiger partial charge in [-0.25, -0.2) is 0 Å². The fourth-order valence-corrected chi connectivity index (χ4v) is 2.30. The lowest BCUT2D eigenvalue weighted by Crippen LogP contribution is -2.20. The molecule has 0 radical (unpaired) electrons. The summed E-state index contributed by atoms with van der Waals surface area (Å²) in [6.45, 7) is 3.99. The fourth-order valence-electron chi connectivity index (χ4n) is 2.30. The second kappa shape index (κ2) is 4.59. The molecule has 1 aliphatic heterocycles. The van der Waals surface area contributed by atoms with E-state index in [1.807, 2.05) is 45.3 Å². The van der Waals surface area contributed by atoms with Crippen LogP contribution in [0.5, 0.6) is 0 Å². The first-order chi connectivity index (χ1) is 9.54. The van der Waals surface area contributed by atoms with Crippen molar-refractivity contribution in [2.24, 2.45) is 12.1 Å². The predicted molar refractivity (Wildman–Crippen MR) is 77.8 cm³/mol. The summed E-state index contributed by atoms with van der Waals surface area (Å²) in [6.07, 6.45) is 3.93. The number of rotatable bonds is 2. The summed E-state index contributed by atoms with van der Waals surface area (Å²) in [5.41, 5.74) is 4.68. The third kappa shape index (κ3) is 2.11. The van der Waals surface area contributed by atoms with Gasteiger partial charge in [0.05, 0.1) is 24.0 Å². The second-order valence-electron chi connectivity index (χ2n) is 5.12. The van der Waals surface area contributed by atoms with Gasteiger partial charge in [0.15, 0.2) is 0 Å². The van der Waals surface area contributed by atoms with Gasteiger partial charge in [-0.15, -0.1) is 0 Å². The van der Waals surface area contributed by atoms with E-state index < -0.39 is 0 Å². The number of nitrogens with zero attached hydrogens (tertiary/aromatic N) is 4. The van der Waals surface area contributed by atoms with Gasteiger partial charge < -0.3 is 0 Å². The molecule has 20 heavy (non-hydrogen) atoms. The fraction of sp³-hybridized carbons (Fsp3) is 0.267. The second-order valence-corrected chi connectivity index (χ2v) is 5.12. The third-order valence-corrected chi connectivity index (χ3v) is 3.41. The maximum absolute atomic E-state index is 12.2. The molecule has 1 aromatic carbocycles. The number of carbonyl (C=O) groups is 1. The van der Waals surface area contributed by atoms with Crippen LogP contribution in [0, 0.1) is 13.8 Å². The smallest absolute Gasteiger partial charge is 0.253 e. The van der Waals surface area contributed by atoms with E-state index in [0.717, 1.165) is 28.1 Å². The van der Waals surface area contributed by atoms with E-state index in [2.05, 4.69) is 10.2 Å². The van der Waals surface area contributed by atoms with Crippen LogP contribution in [0.4, 0.5) is 5.69 Å². The Labute approximate surface area is 117 Å². The molecule has 1 amide bonds. The Balaban J connectivity index is 2.00. The predicted octanol–water partition coefficient (Wildman–Crippen LogP) is 2.18. The van der Waals surface area contributed by atoms with Gasteiger partial charge in [0.25, 0.3) is 5.91 Å². The van der Waals surface area contributed by atoms with E-state index in [0.29, 0.717) is 6.42 Å². The van der Waals surface area contributed by atoms with Crippen molar-refractivity contribution in [2.75, 3.05) is 5.01 Å². The number of aryl methyl sites for hydroxylation is 3. The Kier molecular flexibility index (Phi) is 2.89. The maximum atomic E-state index is 12.2. The van der Waals surface area contributed by atoms with Crippen LogP contribution in [-0.2, 0) is 11.8 Å². The summed E-state index contributed by atoms with van der Waals surface area (Å²) in [7, 11) is 1.85. The van der Waals surface area contributed by atoms with Crippen molar-refractivity contribution < 1.29 is 4.79 Å². The monoisotopic (exact) mass is 268 g/mol. The van der Waals surface area contributed by atoms with Crippen LogP contribution < -0.4 is 5.01 Å². The molecule has 0 saturated heterocycles. The lowest BCUT2D eigenvalue weighted by molar-refractivity contribution is -0.116. The molecule has 0 saturated carbocycles. The van der Waals surface area contributed by atoms with Crippen LogP contribution in [0.3, 0.4) is 0 Å². The zero-order chi connectivity index (χ0) is 14.3. The van der Waals surface area contributed by atoms with Crippen molar-refractivity contribution in [2.45, 2.75) is 20.3 Å². The highest BCUT2D eigenvalue weighted by atomic mass is 16.2. The summed E-state index contributed by atoms with van der Waals surface area (Å²) < 4.78 is 1.71. The minimum absolute atomic E-state index is 0.00227. The first-order valence-corrected chi connectivity index (χ1v) is 6.51. The average Bonchev–Trinajstić information content (AvgIpc) is 2.99. The van der Waals surface area contributed by atoms with Gasteiger partial charge in [0.1, 0.15) is 0 Å². The van der Waals surface area contributed by atoms with Crippen LogP contribution in [-0.4, -0.2) is 21.4 Å². The molecular formula is C15H16N4O. The lowest BCUT2D eigenvalue weighted by atomic mass is 10.1. The highest BCUT2D eigenvalue weighted by Crippen LogP contribution is 2.26. The van der Waals surface area contributed by atoms with E-state index >= 15 is 0 Å². The normalized spacial score (nSPS) is 14.8. The highest BCUT2D eigenvalue weighted by Gasteiger charge is 2.27. The summed E-state index contributed by atoms with van der Waals surface area (Å²) in [6, 6.07) is 6.03. The molecule has 0 aliphatic carbocycles. The van der Waals surface area contributed by atoms with Gasteiger partial charge in [0, 0.05) is 18.8 Å². The van der Waals surface area contributed by atoms with E-state index in [1.165, 1.54) is 5.01 Å². The molecule has 1 aliphatic rings. The summed E-state index contributed by atoms with van der Waals surface area (Å²) >= 11 is 0. The number of amides is 1. The molecule has 0 N–H and O–H groups in total. The summed E-state index contributed by atoms with van der Waals surface area (Å²) in [5.74, 6) is -0.00227. The van der Waals surface area contributed by atoms with Crippen molar-refractivity contribution in [1.82, 2.24) is 9.78 Å². The molecule has 0 spiro atoms. The Hall–Kier alpha value is -2.43. The Morgan fingerprint density at radius 3 is 2.75 bits per heavy atom. The van der Waals surface area contributed by atoms with Gasteiger partial charge in [-0.1, -0.05) is 12.1 Å².